The van der Waals surface area contributed by atoms with Gasteiger partial charge in [-0.25, -0.2) is 4.39 Å². The second-order valence-corrected chi connectivity index (χ2v) is 8.61. The number of hydrogen-bond acceptors (Lipinski definition) is 5. The van der Waals surface area contributed by atoms with Gasteiger partial charge in [0.1, 0.15) is 5.82 Å². The fourth-order valence-corrected chi connectivity index (χ4v) is 3.37. The monoisotopic (exact) mass is 407 g/mol. The highest BCUT2D eigenvalue weighted by Crippen LogP contribution is 2.23. The van der Waals surface area contributed by atoms with Crippen molar-refractivity contribution in [1.82, 2.24) is 25.4 Å². The Morgan fingerprint density at radius 2 is 1.93 bits per heavy atom. The second-order valence-electron chi connectivity index (χ2n) is 7.30. The van der Waals surface area contributed by atoms with Crippen molar-refractivity contribution in [3.63, 3.8) is 0 Å². The molecule has 9 heteroatoms. The first-order valence-corrected chi connectivity index (χ1v) is 9.93. The SMILES string of the molecule is CCn1c(CNC(=O)c2ccccc2F)nnc1S[C@@H](C)C(=O)NC(C)(C)C. The zero-order valence-corrected chi connectivity index (χ0v) is 17.6. The maximum Gasteiger partial charge on any atom is 0.254 e. The predicted octanol–water partition coefficient (Wildman–Crippen LogP) is 2.76. The molecule has 0 saturated heterocycles. The van der Waals surface area contributed by atoms with Crippen molar-refractivity contribution in [2.24, 2.45) is 0 Å². The Labute approximate surface area is 168 Å². The molecule has 1 atom stereocenters. The molecule has 2 rings (SSSR count). The molecule has 1 aromatic heterocycles. The standard InChI is InChI=1S/C19H26FN5O2S/c1-6-25-15(11-21-17(27)13-9-7-8-10-14(13)20)23-24-18(25)28-12(2)16(26)22-19(3,4)5/h7-10,12H,6,11H2,1-5H3,(H,21,27)(H,22,26)/t12-/m0/s1. The van der Waals surface area contributed by atoms with Crippen molar-refractivity contribution in [2.45, 2.75) is 63.7 Å². The minimum absolute atomic E-state index is 0.0212. The highest BCUT2D eigenvalue weighted by Gasteiger charge is 2.23. The number of nitrogens with zero attached hydrogens (tertiary/aromatic N) is 3. The van der Waals surface area contributed by atoms with E-state index in [0.29, 0.717) is 17.5 Å². The summed E-state index contributed by atoms with van der Waals surface area (Å²) < 4.78 is 15.5. The summed E-state index contributed by atoms with van der Waals surface area (Å²) in [5.41, 5.74) is -0.334. The van der Waals surface area contributed by atoms with E-state index in [4.69, 9.17) is 0 Å². The molecule has 152 valence electrons. The zero-order valence-electron chi connectivity index (χ0n) is 16.7. The molecule has 28 heavy (non-hydrogen) atoms. The molecule has 2 N–H and O–H groups in total. The van der Waals surface area contributed by atoms with Gasteiger partial charge in [-0.15, -0.1) is 10.2 Å². The number of halogens is 1. The van der Waals surface area contributed by atoms with Gasteiger partial charge in [-0.1, -0.05) is 23.9 Å². The molecule has 0 aliphatic heterocycles. The molecule has 0 aliphatic carbocycles. The number of rotatable bonds is 7. The van der Waals surface area contributed by atoms with Gasteiger partial charge in [0.25, 0.3) is 5.91 Å². The summed E-state index contributed by atoms with van der Waals surface area (Å²) in [6.45, 7) is 10.2. The summed E-state index contributed by atoms with van der Waals surface area (Å²) in [5.74, 6) is -0.640. The van der Waals surface area contributed by atoms with E-state index in [-0.39, 0.29) is 28.8 Å². The van der Waals surface area contributed by atoms with Crippen LogP contribution < -0.4 is 10.6 Å². The molecule has 7 nitrogen and oxygen atoms in total. The first-order chi connectivity index (χ1) is 13.1. The number of aromatic nitrogens is 3. The van der Waals surface area contributed by atoms with Crippen LogP contribution in [0.2, 0.25) is 0 Å². The highest BCUT2D eigenvalue weighted by atomic mass is 32.2. The Morgan fingerprint density at radius 3 is 2.54 bits per heavy atom. The van der Waals surface area contributed by atoms with Gasteiger partial charge in [0.15, 0.2) is 11.0 Å². The molecule has 1 heterocycles. The van der Waals surface area contributed by atoms with E-state index in [0.717, 1.165) is 0 Å². The topological polar surface area (TPSA) is 88.9 Å². The van der Waals surface area contributed by atoms with Crippen LogP contribution in [0.15, 0.2) is 29.4 Å². The molecule has 0 saturated carbocycles. The third-order valence-corrected chi connectivity index (χ3v) is 4.87. The Balaban J connectivity index is 2.04. The molecule has 2 aromatic rings. The van der Waals surface area contributed by atoms with E-state index in [1.165, 1.54) is 30.0 Å². The van der Waals surface area contributed by atoms with Crippen LogP contribution in [0.25, 0.3) is 0 Å². The molecule has 0 radical (unpaired) electrons. The first kappa shape index (κ1) is 21.9. The number of carbonyl (C=O) groups is 2. The number of carbonyl (C=O) groups excluding carboxylic acids is 2. The molecule has 2 amide bonds. The van der Waals surface area contributed by atoms with Crippen molar-refractivity contribution < 1.29 is 14.0 Å². The highest BCUT2D eigenvalue weighted by molar-refractivity contribution is 8.00. The molecule has 0 unspecified atom stereocenters. The molecule has 1 aromatic carbocycles. The minimum atomic E-state index is -0.577. The lowest BCUT2D eigenvalue weighted by atomic mass is 10.1. The predicted molar refractivity (Wildman–Crippen MR) is 106 cm³/mol. The van der Waals surface area contributed by atoms with Gasteiger partial charge < -0.3 is 15.2 Å². The van der Waals surface area contributed by atoms with Gasteiger partial charge in [-0.05, 0) is 46.8 Å². The van der Waals surface area contributed by atoms with Gasteiger partial charge in [0.05, 0.1) is 17.4 Å². The second kappa shape index (κ2) is 9.18. The van der Waals surface area contributed by atoms with Gasteiger partial charge in [0.2, 0.25) is 5.91 Å². The summed E-state index contributed by atoms with van der Waals surface area (Å²) >= 11 is 1.30. The van der Waals surface area contributed by atoms with Crippen molar-refractivity contribution in [3.05, 3.63) is 41.5 Å². The van der Waals surface area contributed by atoms with E-state index in [2.05, 4.69) is 20.8 Å². The van der Waals surface area contributed by atoms with E-state index < -0.39 is 11.7 Å². The molecule has 0 spiro atoms. The molecular weight excluding hydrogens is 381 g/mol. The van der Waals surface area contributed by atoms with E-state index in [9.17, 15) is 14.0 Å². The van der Waals surface area contributed by atoms with Gasteiger partial charge in [0, 0.05) is 12.1 Å². The maximum atomic E-state index is 13.7. The quantitative estimate of drug-likeness (QED) is 0.689. The van der Waals surface area contributed by atoms with Crippen molar-refractivity contribution in [1.29, 1.82) is 0 Å². The fourth-order valence-electron chi connectivity index (χ4n) is 2.44. The first-order valence-electron chi connectivity index (χ1n) is 9.06. The summed E-state index contributed by atoms with van der Waals surface area (Å²) in [4.78, 5) is 24.5. The van der Waals surface area contributed by atoms with Crippen LogP contribution >= 0.6 is 11.8 Å². The Bertz CT molecular complexity index is 847. The number of thioether (sulfide) groups is 1. The van der Waals surface area contributed by atoms with Gasteiger partial charge in [-0.2, -0.15) is 0 Å². The fraction of sp³-hybridized carbons (Fsp3) is 0.474. The molecule has 0 fully saturated rings. The van der Waals surface area contributed by atoms with Crippen LogP contribution in [-0.2, 0) is 17.9 Å². The molecular formula is C19H26FN5O2S. The molecule has 0 aliphatic rings. The number of hydrogen-bond donors (Lipinski definition) is 2. The lowest BCUT2D eigenvalue weighted by molar-refractivity contribution is -0.121. The van der Waals surface area contributed by atoms with Crippen molar-refractivity contribution in [3.8, 4) is 0 Å². The molecule has 0 bridgehead atoms. The van der Waals surface area contributed by atoms with Gasteiger partial charge in [-0.3, -0.25) is 9.59 Å². The summed E-state index contributed by atoms with van der Waals surface area (Å²) in [6.07, 6.45) is 0. The maximum absolute atomic E-state index is 13.7. The van der Waals surface area contributed by atoms with Crippen molar-refractivity contribution >= 4 is 23.6 Å². The number of benzene rings is 1. The lowest BCUT2D eigenvalue weighted by Crippen LogP contribution is -2.44. The summed E-state index contributed by atoms with van der Waals surface area (Å²) in [5, 5.41) is 14.1. The van der Waals surface area contributed by atoms with Crippen LogP contribution in [0, 0.1) is 5.82 Å². The summed E-state index contributed by atoms with van der Waals surface area (Å²) in [7, 11) is 0. The van der Waals surface area contributed by atoms with E-state index in [1.807, 2.05) is 32.3 Å². The van der Waals surface area contributed by atoms with Crippen LogP contribution in [0.1, 0.15) is 50.8 Å². The largest absolute Gasteiger partial charge is 0.351 e. The third kappa shape index (κ3) is 5.79. The Kier molecular flexibility index (Phi) is 7.17. The Hall–Kier alpha value is -2.42. The van der Waals surface area contributed by atoms with Crippen LogP contribution in [-0.4, -0.2) is 37.4 Å². The van der Waals surface area contributed by atoms with Crippen LogP contribution in [0.4, 0.5) is 4.39 Å². The average molecular weight is 408 g/mol. The van der Waals surface area contributed by atoms with Crippen molar-refractivity contribution in [2.75, 3.05) is 0 Å². The van der Waals surface area contributed by atoms with Crippen LogP contribution in [0.5, 0.6) is 0 Å². The van der Waals surface area contributed by atoms with Gasteiger partial charge >= 0.3 is 0 Å². The average Bonchev–Trinajstić information content (AvgIpc) is 3.00. The zero-order chi connectivity index (χ0) is 20.9. The Morgan fingerprint density at radius 1 is 1.25 bits per heavy atom. The number of nitrogens with one attached hydrogen (secondary N) is 2. The minimum Gasteiger partial charge on any atom is -0.351 e. The third-order valence-electron chi connectivity index (χ3n) is 3.78. The van der Waals surface area contributed by atoms with Crippen LogP contribution in [0.3, 0.4) is 0 Å². The van der Waals surface area contributed by atoms with E-state index >= 15 is 0 Å². The normalized spacial score (nSPS) is 12.5. The van der Waals surface area contributed by atoms with E-state index in [1.54, 1.807) is 13.0 Å². The number of amides is 2. The lowest BCUT2D eigenvalue weighted by Gasteiger charge is -2.22. The smallest absolute Gasteiger partial charge is 0.254 e. The summed E-state index contributed by atoms with van der Waals surface area (Å²) in [6, 6.07) is 5.79.